The lowest BCUT2D eigenvalue weighted by Crippen LogP contribution is -1.97. The minimum absolute atomic E-state index is 0.720. The summed E-state index contributed by atoms with van der Waals surface area (Å²) >= 11 is 3.78. The highest BCUT2D eigenvalue weighted by molar-refractivity contribution is 7.27. The van der Waals surface area contributed by atoms with Crippen molar-refractivity contribution in [3.63, 3.8) is 0 Å². The quantitative estimate of drug-likeness (QED) is 0.166. The Bertz CT molecular complexity index is 7150. The SMILES string of the molecule is c1ccc2c(-c3nc(-c4ccc(-n5c6ccccc6c6c7ccccc7c7sc8ccccc8c7c65)cc4)nc4ccccc34)cccc2c1.c1ccc2cc(-c3nc(-c4ccc(-n5c6ccccc6c6c7ccccc7c7sc8ccccc8c7c65)cc4)nc4ccccc34)ccc2c1. The van der Waals surface area contributed by atoms with Crippen LogP contribution in [0.3, 0.4) is 0 Å². The average molecular weight is 1310 g/mol. The molecule has 0 aliphatic rings. The molecule has 0 unspecified atom stereocenters. The fourth-order valence-corrected chi connectivity index (χ4v) is 18.4. The fourth-order valence-electron chi connectivity index (χ4n) is 15.9. The number of nitrogens with zero attached hydrogens (tertiary/aromatic N) is 6. The van der Waals surface area contributed by atoms with Crippen LogP contribution in [0.25, 0.3) is 206 Å². The summed E-state index contributed by atoms with van der Waals surface area (Å²) in [6, 6.07) is 117. The lowest BCUT2D eigenvalue weighted by molar-refractivity contribution is 1.18. The third-order valence-electron chi connectivity index (χ3n) is 20.3. The van der Waals surface area contributed by atoms with Gasteiger partial charge in [0.05, 0.1) is 44.5 Å². The van der Waals surface area contributed by atoms with Crippen molar-refractivity contribution in [2.75, 3.05) is 0 Å². The summed E-state index contributed by atoms with van der Waals surface area (Å²) in [5.41, 5.74) is 15.1. The molecular weight excluding hydrogens is 1250 g/mol. The van der Waals surface area contributed by atoms with Gasteiger partial charge in [0.15, 0.2) is 11.6 Å². The molecule has 8 heteroatoms. The first-order valence-corrected chi connectivity index (χ1v) is 35.5. The number of aromatic nitrogens is 6. The summed E-state index contributed by atoms with van der Waals surface area (Å²) in [5, 5.41) is 22.5. The molecule has 100 heavy (non-hydrogen) atoms. The van der Waals surface area contributed by atoms with E-state index in [9.17, 15) is 0 Å². The van der Waals surface area contributed by atoms with Crippen molar-refractivity contribution in [2.24, 2.45) is 0 Å². The van der Waals surface area contributed by atoms with Crippen molar-refractivity contribution in [2.45, 2.75) is 0 Å². The first kappa shape index (κ1) is 56.5. The van der Waals surface area contributed by atoms with Gasteiger partial charge in [-0.15, -0.1) is 22.7 Å². The summed E-state index contributed by atoms with van der Waals surface area (Å²) in [6.45, 7) is 0. The van der Waals surface area contributed by atoms with Gasteiger partial charge in [-0.1, -0.05) is 237 Å². The number of thiophene rings is 2. The molecule has 16 aromatic carbocycles. The lowest BCUT2D eigenvalue weighted by atomic mass is 9.99. The average Bonchev–Trinajstić information content (AvgIpc) is 1.54. The summed E-state index contributed by atoms with van der Waals surface area (Å²) < 4.78 is 10.2. The van der Waals surface area contributed by atoms with E-state index in [1.807, 2.05) is 28.7 Å². The van der Waals surface area contributed by atoms with E-state index in [-0.39, 0.29) is 0 Å². The predicted octanol–water partition coefficient (Wildman–Crippen LogP) is 25.5. The molecule has 464 valence electrons. The Labute approximate surface area is 580 Å². The van der Waals surface area contributed by atoms with E-state index >= 15 is 0 Å². The van der Waals surface area contributed by atoms with Crippen molar-refractivity contribution < 1.29 is 0 Å². The molecule has 0 fully saturated rings. The van der Waals surface area contributed by atoms with Gasteiger partial charge in [0.2, 0.25) is 0 Å². The normalized spacial score (nSPS) is 12.0. The van der Waals surface area contributed by atoms with Crippen LogP contribution in [-0.2, 0) is 0 Å². The Balaban J connectivity index is 0.000000131. The van der Waals surface area contributed by atoms with Gasteiger partial charge >= 0.3 is 0 Å². The van der Waals surface area contributed by atoms with E-state index in [2.05, 4.69) is 331 Å². The topological polar surface area (TPSA) is 61.4 Å². The van der Waals surface area contributed by atoms with Crippen LogP contribution in [0.5, 0.6) is 0 Å². The van der Waals surface area contributed by atoms with Crippen LogP contribution in [0.1, 0.15) is 0 Å². The molecule has 6 heterocycles. The molecule has 22 aromatic rings. The Morgan fingerprint density at radius 3 is 1.17 bits per heavy atom. The minimum atomic E-state index is 0.720. The van der Waals surface area contributed by atoms with E-state index < -0.39 is 0 Å². The Morgan fingerprint density at radius 1 is 0.240 bits per heavy atom. The summed E-state index contributed by atoms with van der Waals surface area (Å²) in [7, 11) is 0. The molecule has 0 saturated carbocycles. The van der Waals surface area contributed by atoms with Crippen molar-refractivity contribution in [3.05, 3.63) is 328 Å². The standard InChI is InChI=1S/2C46H27N3S/c1-2-14-31-28(12-1)13-11-20-33(31)43-35-17-5-8-21-38(35)47-46(48-43)29-24-26-30(27-25-29)49-39-22-9-6-18-36(39)41-32-15-3-4-16-34(32)45-42(44(41)49)37-19-7-10-23-40(37)50-45;1-2-12-30-27-31(22-21-28(30)11-1)43-35-15-5-8-18-38(35)47-46(48-43)29-23-25-32(26-24-29)49-39-19-9-6-16-36(39)41-33-13-3-4-14-34(33)45-42(44(41)49)37-17-7-10-20-40(37)50-45/h2*1-27H. The lowest BCUT2D eigenvalue weighted by Gasteiger charge is -2.13. The molecule has 0 spiro atoms. The van der Waals surface area contributed by atoms with E-state index in [0.29, 0.717) is 0 Å². The van der Waals surface area contributed by atoms with Gasteiger partial charge in [-0.2, -0.15) is 0 Å². The van der Waals surface area contributed by atoms with Crippen LogP contribution < -0.4 is 0 Å². The Morgan fingerprint density at radius 2 is 0.630 bits per heavy atom. The number of hydrogen-bond acceptors (Lipinski definition) is 6. The highest BCUT2D eigenvalue weighted by Gasteiger charge is 2.25. The molecule has 0 aliphatic carbocycles. The fraction of sp³-hybridized carbons (Fsp3) is 0. The van der Waals surface area contributed by atoms with Crippen LogP contribution >= 0.6 is 22.7 Å². The summed E-state index contributed by atoms with van der Waals surface area (Å²) in [4.78, 5) is 20.7. The van der Waals surface area contributed by atoms with E-state index in [1.54, 1.807) is 0 Å². The van der Waals surface area contributed by atoms with Crippen molar-refractivity contribution in [1.29, 1.82) is 0 Å². The van der Waals surface area contributed by atoms with Crippen molar-refractivity contribution in [1.82, 2.24) is 29.1 Å². The summed E-state index contributed by atoms with van der Waals surface area (Å²) in [6.07, 6.45) is 0. The second-order valence-corrected chi connectivity index (χ2v) is 28.0. The molecular formula is C92H54N6S2. The van der Waals surface area contributed by atoms with Crippen molar-refractivity contribution >= 4 is 172 Å². The van der Waals surface area contributed by atoms with Gasteiger partial charge in [-0.25, -0.2) is 19.9 Å². The van der Waals surface area contributed by atoms with Gasteiger partial charge < -0.3 is 9.13 Å². The molecule has 6 nitrogen and oxygen atoms in total. The van der Waals surface area contributed by atoms with Crippen LogP contribution in [-0.4, -0.2) is 29.1 Å². The number of fused-ring (bicyclic) bond motifs is 24. The number of benzene rings is 16. The first-order chi connectivity index (χ1) is 49.6. The van der Waals surface area contributed by atoms with E-state index in [1.165, 1.54) is 127 Å². The van der Waals surface area contributed by atoms with Gasteiger partial charge in [0.25, 0.3) is 0 Å². The first-order valence-electron chi connectivity index (χ1n) is 33.8. The highest BCUT2D eigenvalue weighted by atomic mass is 32.1. The smallest absolute Gasteiger partial charge is 0.160 e. The zero-order valence-corrected chi connectivity index (χ0v) is 55.3. The van der Waals surface area contributed by atoms with Gasteiger partial charge in [0, 0.05) is 117 Å². The van der Waals surface area contributed by atoms with Gasteiger partial charge in [-0.3, -0.25) is 0 Å². The number of rotatable bonds is 6. The molecule has 0 bridgehead atoms. The number of para-hydroxylation sites is 4. The van der Waals surface area contributed by atoms with Gasteiger partial charge in [-0.05, 0) is 123 Å². The maximum atomic E-state index is 5.27. The molecule has 0 atom stereocenters. The Hall–Kier alpha value is -12.7. The monoisotopic (exact) mass is 1310 g/mol. The molecule has 0 saturated heterocycles. The van der Waals surface area contributed by atoms with Crippen LogP contribution in [0, 0.1) is 0 Å². The van der Waals surface area contributed by atoms with Gasteiger partial charge in [0.1, 0.15) is 0 Å². The maximum absolute atomic E-state index is 5.27. The van der Waals surface area contributed by atoms with Crippen molar-refractivity contribution in [3.8, 4) is 56.7 Å². The largest absolute Gasteiger partial charge is 0.309 e. The predicted molar refractivity (Wildman–Crippen MR) is 425 cm³/mol. The highest BCUT2D eigenvalue weighted by Crippen LogP contribution is 2.50. The molecule has 22 rings (SSSR count). The van der Waals surface area contributed by atoms with Crippen LogP contribution in [0.4, 0.5) is 0 Å². The van der Waals surface area contributed by atoms with E-state index in [0.717, 1.165) is 78.5 Å². The zero-order chi connectivity index (χ0) is 65.5. The maximum Gasteiger partial charge on any atom is 0.160 e. The molecule has 0 aliphatic heterocycles. The summed E-state index contributed by atoms with van der Waals surface area (Å²) in [5.74, 6) is 1.44. The molecule has 6 aromatic heterocycles. The van der Waals surface area contributed by atoms with Crippen LogP contribution in [0.2, 0.25) is 0 Å². The third-order valence-corrected chi connectivity index (χ3v) is 22.7. The molecule has 0 N–H and O–H groups in total. The second-order valence-electron chi connectivity index (χ2n) is 25.9. The number of hydrogen-bond donors (Lipinski definition) is 0. The van der Waals surface area contributed by atoms with Crippen LogP contribution in [0.15, 0.2) is 328 Å². The Kier molecular flexibility index (Phi) is 12.7. The minimum Gasteiger partial charge on any atom is -0.309 e. The molecule has 0 amide bonds. The second kappa shape index (κ2) is 22.4. The third kappa shape index (κ3) is 8.67. The van der Waals surface area contributed by atoms with E-state index in [4.69, 9.17) is 19.9 Å². The molecule has 0 radical (unpaired) electrons. The zero-order valence-electron chi connectivity index (χ0n) is 53.7.